The summed E-state index contributed by atoms with van der Waals surface area (Å²) in [7, 11) is 0. The third-order valence-electron chi connectivity index (χ3n) is 5.79. The Labute approximate surface area is 160 Å². The zero-order valence-corrected chi connectivity index (χ0v) is 15.9. The summed E-state index contributed by atoms with van der Waals surface area (Å²) in [6.07, 6.45) is 5.32. The molecule has 1 aromatic carbocycles. The maximum atomic E-state index is 14.3. The Bertz CT molecular complexity index is 616. The van der Waals surface area contributed by atoms with Gasteiger partial charge in [-0.2, -0.15) is 0 Å². The van der Waals surface area contributed by atoms with Crippen molar-refractivity contribution in [2.75, 3.05) is 36.4 Å². The fraction of sp³-hybridized carbons (Fsp3) is 0.611. The number of anilines is 2. The van der Waals surface area contributed by atoms with Gasteiger partial charge in [0.1, 0.15) is 11.5 Å². The number of hydrogen-bond acceptors (Lipinski definition) is 3. The molecule has 1 aromatic rings. The maximum Gasteiger partial charge on any atom is 0.228 e. The average molecular weight is 390 g/mol. The lowest BCUT2D eigenvalue weighted by atomic mass is 9.92. The number of hydrogen-bond donors (Lipinski definition) is 2. The second-order valence-corrected chi connectivity index (χ2v) is 7.19. The van der Waals surface area contributed by atoms with Gasteiger partial charge in [0.15, 0.2) is 0 Å². The molecule has 1 amide bonds. The Morgan fingerprint density at radius 1 is 1.20 bits per heavy atom. The monoisotopic (exact) mass is 389 g/mol. The van der Waals surface area contributed by atoms with Gasteiger partial charge in [-0.15, -0.1) is 24.8 Å². The lowest BCUT2D eigenvalue weighted by Gasteiger charge is -2.24. The smallest absolute Gasteiger partial charge is 0.228 e. The van der Waals surface area contributed by atoms with E-state index in [4.69, 9.17) is 0 Å². The van der Waals surface area contributed by atoms with Crippen molar-refractivity contribution in [3.05, 3.63) is 24.0 Å². The van der Waals surface area contributed by atoms with Gasteiger partial charge < -0.3 is 15.5 Å². The van der Waals surface area contributed by atoms with E-state index in [0.717, 1.165) is 64.0 Å². The predicted molar refractivity (Wildman–Crippen MR) is 104 cm³/mol. The molecule has 0 bridgehead atoms. The summed E-state index contributed by atoms with van der Waals surface area (Å²) < 4.78 is 14.3. The molecule has 3 aliphatic rings. The van der Waals surface area contributed by atoms with Gasteiger partial charge in [-0.25, -0.2) is 4.39 Å². The molecule has 1 spiro atoms. The molecule has 0 aromatic heterocycles. The predicted octanol–water partition coefficient (Wildman–Crippen LogP) is 3.60. The largest absolute Gasteiger partial charge is 0.370 e. The summed E-state index contributed by atoms with van der Waals surface area (Å²) in [6, 6.07) is 5.07. The zero-order valence-electron chi connectivity index (χ0n) is 14.2. The first-order chi connectivity index (χ1) is 11.2. The van der Waals surface area contributed by atoms with Gasteiger partial charge in [-0.05, 0) is 62.7 Å². The number of nitrogens with one attached hydrogen (secondary N) is 2. The van der Waals surface area contributed by atoms with Gasteiger partial charge >= 0.3 is 0 Å². The summed E-state index contributed by atoms with van der Waals surface area (Å²) >= 11 is 0. The van der Waals surface area contributed by atoms with Crippen LogP contribution in [0.1, 0.15) is 32.1 Å². The summed E-state index contributed by atoms with van der Waals surface area (Å²) in [4.78, 5) is 14.8. The van der Waals surface area contributed by atoms with Gasteiger partial charge in [-0.1, -0.05) is 6.07 Å². The molecule has 4 rings (SSSR count). The first-order valence-electron chi connectivity index (χ1n) is 8.75. The van der Waals surface area contributed by atoms with Crippen molar-refractivity contribution in [3.63, 3.8) is 0 Å². The SMILES string of the molecule is Cl.Cl.O=C(Nc1c(F)cccc1N1CCCC1)C1CC12CCNCC2. The first-order valence-corrected chi connectivity index (χ1v) is 8.75. The molecule has 1 unspecified atom stereocenters. The minimum atomic E-state index is -0.331. The van der Waals surface area contributed by atoms with E-state index in [1.807, 2.05) is 6.07 Å². The molecular formula is C18H26Cl2FN3O. The van der Waals surface area contributed by atoms with Crippen LogP contribution in [0.5, 0.6) is 0 Å². The van der Waals surface area contributed by atoms with Crippen LogP contribution in [0.2, 0.25) is 0 Å². The van der Waals surface area contributed by atoms with E-state index in [2.05, 4.69) is 15.5 Å². The molecule has 2 aliphatic heterocycles. The topological polar surface area (TPSA) is 44.4 Å². The van der Waals surface area contributed by atoms with Crippen LogP contribution in [-0.4, -0.2) is 32.1 Å². The quantitative estimate of drug-likeness (QED) is 0.829. The van der Waals surface area contributed by atoms with Crippen molar-refractivity contribution in [1.29, 1.82) is 0 Å². The summed E-state index contributed by atoms with van der Waals surface area (Å²) in [5.41, 5.74) is 1.38. The third-order valence-corrected chi connectivity index (χ3v) is 5.79. The van der Waals surface area contributed by atoms with Crippen LogP contribution in [0, 0.1) is 17.2 Å². The zero-order chi connectivity index (χ0) is 15.9. The highest BCUT2D eigenvalue weighted by molar-refractivity contribution is 5.98. The van der Waals surface area contributed by atoms with Crippen molar-refractivity contribution in [2.24, 2.45) is 11.3 Å². The van der Waals surface area contributed by atoms with Crippen LogP contribution in [-0.2, 0) is 4.79 Å². The Morgan fingerprint density at radius 3 is 2.56 bits per heavy atom. The lowest BCUT2D eigenvalue weighted by molar-refractivity contribution is -0.118. The standard InChI is InChI=1S/C18H24FN3O.2ClH/c19-14-4-3-5-15(22-10-1-2-11-22)16(14)21-17(23)13-12-18(13)6-8-20-9-7-18;;/h3-5,13,20H,1-2,6-12H2,(H,21,23);2*1H. The van der Waals surface area contributed by atoms with Crippen LogP contribution in [0.4, 0.5) is 15.8 Å². The summed E-state index contributed by atoms with van der Waals surface area (Å²) in [5.74, 6) is -0.282. The fourth-order valence-corrected chi connectivity index (χ4v) is 4.26. The molecular weight excluding hydrogens is 364 g/mol. The molecule has 140 valence electrons. The molecule has 1 saturated carbocycles. The van der Waals surface area contributed by atoms with Crippen LogP contribution in [0.3, 0.4) is 0 Å². The molecule has 2 heterocycles. The highest BCUT2D eigenvalue weighted by Crippen LogP contribution is 2.59. The van der Waals surface area contributed by atoms with Crippen molar-refractivity contribution >= 4 is 42.1 Å². The van der Waals surface area contributed by atoms with E-state index < -0.39 is 0 Å². The number of carbonyl (C=O) groups excluding carboxylic acids is 1. The van der Waals surface area contributed by atoms with E-state index in [-0.39, 0.29) is 47.9 Å². The number of piperidine rings is 1. The molecule has 4 nitrogen and oxygen atoms in total. The second kappa shape index (κ2) is 8.11. The van der Waals surface area contributed by atoms with E-state index >= 15 is 0 Å². The average Bonchev–Trinajstić information content (AvgIpc) is 2.99. The van der Waals surface area contributed by atoms with Crippen molar-refractivity contribution < 1.29 is 9.18 Å². The molecule has 7 heteroatoms. The van der Waals surface area contributed by atoms with Gasteiger partial charge in [-0.3, -0.25) is 4.79 Å². The summed E-state index contributed by atoms with van der Waals surface area (Å²) in [6.45, 7) is 3.85. The molecule has 1 atom stereocenters. The Balaban J connectivity index is 0.00000113. The lowest BCUT2D eigenvalue weighted by Crippen LogP contribution is -2.32. The molecule has 1 aliphatic carbocycles. The molecule has 0 radical (unpaired) electrons. The second-order valence-electron chi connectivity index (χ2n) is 7.19. The van der Waals surface area contributed by atoms with Crippen molar-refractivity contribution in [3.8, 4) is 0 Å². The number of rotatable bonds is 3. The van der Waals surface area contributed by atoms with E-state index in [1.165, 1.54) is 6.07 Å². The summed E-state index contributed by atoms with van der Waals surface area (Å²) in [5, 5.41) is 6.26. The number of carbonyl (C=O) groups is 1. The van der Waals surface area contributed by atoms with E-state index in [9.17, 15) is 9.18 Å². The number of para-hydroxylation sites is 1. The third kappa shape index (κ3) is 3.88. The highest BCUT2D eigenvalue weighted by Gasteiger charge is 2.57. The minimum absolute atomic E-state index is 0. The van der Waals surface area contributed by atoms with Gasteiger partial charge in [0.05, 0.1) is 5.69 Å². The van der Waals surface area contributed by atoms with Gasteiger partial charge in [0.25, 0.3) is 0 Å². The highest BCUT2D eigenvalue weighted by atomic mass is 35.5. The van der Waals surface area contributed by atoms with Gasteiger partial charge in [0, 0.05) is 19.0 Å². The number of benzene rings is 1. The molecule has 3 fully saturated rings. The van der Waals surface area contributed by atoms with Crippen molar-refractivity contribution in [2.45, 2.75) is 32.1 Å². The Kier molecular flexibility index (Phi) is 6.57. The molecule has 2 N–H and O–H groups in total. The minimum Gasteiger partial charge on any atom is -0.370 e. The van der Waals surface area contributed by atoms with Crippen molar-refractivity contribution in [1.82, 2.24) is 5.32 Å². The Hall–Kier alpha value is -1.04. The van der Waals surface area contributed by atoms with E-state index in [0.29, 0.717) is 5.69 Å². The van der Waals surface area contributed by atoms with Crippen LogP contribution >= 0.6 is 24.8 Å². The molecule has 2 saturated heterocycles. The van der Waals surface area contributed by atoms with Crippen LogP contribution < -0.4 is 15.5 Å². The van der Waals surface area contributed by atoms with Gasteiger partial charge in [0.2, 0.25) is 5.91 Å². The van der Waals surface area contributed by atoms with E-state index in [1.54, 1.807) is 6.07 Å². The number of nitrogens with zero attached hydrogens (tertiary/aromatic N) is 1. The number of amides is 1. The van der Waals surface area contributed by atoms with Crippen LogP contribution in [0.25, 0.3) is 0 Å². The maximum absolute atomic E-state index is 14.3. The Morgan fingerprint density at radius 2 is 1.88 bits per heavy atom. The van der Waals surface area contributed by atoms with Crippen LogP contribution in [0.15, 0.2) is 18.2 Å². The normalized spacial score (nSPS) is 23.6. The molecule has 25 heavy (non-hydrogen) atoms. The fourth-order valence-electron chi connectivity index (χ4n) is 4.26. The first kappa shape index (κ1) is 20.3. The number of halogens is 3.